The van der Waals surface area contributed by atoms with Gasteiger partial charge in [0.05, 0.1) is 10.5 Å². The van der Waals surface area contributed by atoms with Gasteiger partial charge in [0.1, 0.15) is 0 Å². The molecule has 3 rings (SSSR count). The molecule has 1 aromatic heterocycles. The highest BCUT2D eigenvalue weighted by Crippen LogP contribution is 2.34. The van der Waals surface area contributed by atoms with Crippen LogP contribution in [0.2, 0.25) is 5.02 Å². The van der Waals surface area contributed by atoms with Crippen molar-refractivity contribution in [2.75, 3.05) is 0 Å². The van der Waals surface area contributed by atoms with Crippen LogP contribution in [0.4, 0.5) is 0 Å². The molecule has 0 saturated heterocycles. The van der Waals surface area contributed by atoms with E-state index < -0.39 is 0 Å². The molecular weight excluding hydrogens is 278 g/mol. The zero-order valence-corrected chi connectivity index (χ0v) is 13.3. The minimum absolute atomic E-state index is 0.0262. The van der Waals surface area contributed by atoms with Crippen molar-refractivity contribution in [3.05, 3.63) is 65.3 Å². The average Bonchev–Trinajstić information content (AvgIpc) is 2.46. The lowest BCUT2D eigenvalue weighted by atomic mass is 9.90. The molecule has 1 heterocycles. The highest BCUT2D eigenvalue weighted by molar-refractivity contribution is 6.35. The molecule has 0 aliphatic rings. The SMILES string of the molecule is CC(C)(C)c1cc(Cl)c2cccc(-c3ccccc3)c2n1. The van der Waals surface area contributed by atoms with Gasteiger partial charge in [-0.1, -0.05) is 80.9 Å². The quantitative estimate of drug-likeness (QED) is 0.548. The van der Waals surface area contributed by atoms with E-state index in [-0.39, 0.29) is 5.41 Å². The Balaban J connectivity index is 2.34. The summed E-state index contributed by atoms with van der Waals surface area (Å²) in [5.41, 5.74) is 4.25. The molecule has 1 nitrogen and oxygen atoms in total. The first-order chi connectivity index (χ1) is 9.97. The van der Waals surface area contributed by atoms with Crippen LogP contribution in [0.25, 0.3) is 22.0 Å². The molecule has 0 bridgehead atoms. The van der Waals surface area contributed by atoms with Gasteiger partial charge in [-0.3, -0.25) is 4.98 Å². The van der Waals surface area contributed by atoms with Crippen LogP contribution in [0, 0.1) is 0 Å². The van der Waals surface area contributed by atoms with Crippen LogP contribution in [0.15, 0.2) is 54.6 Å². The molecule has 0 unspecified atom stereocenters. The van der Waals surface area contributed by atoms with Gasteiger partial charge in [-0.2, -0.15) is 0 Å². The van der Waals surface area contributed by atoms with E-state index in [0.29, 0.717) is 0 Å². The molecule has 2 aromatic carbocycles. The van der Waals surface area contributed by atoms with E-state index in [0.717, 1.165) is 32.7 Å². The smallest absolute Gasteiger partial charge is 0.0798 e. The lowest BCUT2D eigenvalue weighted by Gasteiger charge is -2.19. The molecule has 0 radical (unpaired) electrons. The van der Waals surface area contributed by atoms with Crippen molar-refractivity contribution in [3.63, 3.8) is 0 Å². The largest absolute Gasteiger partial charge is 0.252 e. The van der Waals surface area contributed by atoms with Gasteiger partial charge in [0.15, 0.2) is 0 Å². The Morgan fingerprint density at radius 2 is 1.62 bits per heavy atom. The molecule has 21 heavy (non-hydrogen) atoms. The third-order valence-electron chi connectivity index (χ3n) is 3.64. The molecule has 0 aliphatic heterocycles. The van der Waals surface area contributed by atoms with Gasteiger partial charge < -0.3 is 0 Å². The molecule has 106 valence electrons. The summed E-state index contributed by atoms with van der Waals surface area (Å²) in [7, 11) is 0. The first-order valence-electron chi connectivity index (χ1n) is 7.12. The van der Waals surface area contributed by atoms with Crippen molar-refractivity contribution in [2.45, 2.75) is 26.2 Å². The van der Waals surface area contributed by atoms with Crippen LogP contribution in [0.1, 0.15) is 26.5 Å². The summed E-state index contributed by atoms with van der Waals surface area (Å²) in [4.78, 5) is 4.90. The van der Waals surface area contributed by atoms with Crippen LogP contribution in [0.3, 0.4) is 0 Å². The van der Waals surface area contributed by atoms with Crippen molar-refractivity contribution < 1.29 is 0 Å². The van der Waals surface area contributed by atoms with Gasteiger partial charge in [0.25, 0.3) is 0 Å². The summed E-state index contributed by atoms with van der Waals surface area (Å²) >= 11 is 6.49. The zero-order valence-electron chi connectivity index (χ0n) is 12.5. The number of pyridine rings is 1. The van der Waals surface area contributed by atoms with Gasteiger partial charge in [0.2, 0.25) is 0 Å². The second-order valence-electron chi connectivity index (χ2n) is 6.31. The monoisotopic (exact) mass is 295 g/mol. The number of rotatable bonds is 1. The number of hydrogen-bond acceptors (Lipinski definition) is 1. The maximum atomic E-state index is 6.49. The average molecular weight is 296 g/mol. The standard InChI is InChI=1S/C19H18ClN/c1-19(2,3)17-12-16(20)15-11-7-10-14(18(15)21-17)13-8-5-4-6-9-13/h4-12H,1-3H3. The fraction of sp³-hybridized carbons (Fsp3) is 0.211. The van der Waals surface area contributed by atoms with E-state index in [1.54, 1.807) is 0 Å². The first kappa shape index (κ1) is 14.1. The van der Waals surface area contributed by atoms with E-state index in [4.69, 9.17) is 16.6 Å². The number of halogens is 1. The Bertz CT molecular complexity index is 786. The number of hydrogen-bond donors (Lipinski definition) is 0. The number of benzene rings is 2. The van der Waals surface area contributed by atoms with E-state index in [2.05, 4.69) is 39.0 Å². The molecule has 0 aliphatic carbocycles. The van der Waals surface area contributed by atoms with Crippen molar-refractivity contribution in [1.82, 2.24) is 4.98 Å². The molecule has 0 N–H and O–H groups in total. The molecule has 0 spiro atoms. The fourth-order valence-electron chi connectivity index (χ4n) is 2.44. The zero-order chi connectivity index (χ0) is 15.0. The lowest BCUT2D eigenvalue weighted by molar-refractivity contribution is 0.571. The van der Waals surface area contributed by atoms with Crippen molar-refractivity contribution in [1.29, 1.82) is 0 Å². The lowest BCUT2D eigenvalue weighted by Crippen LogP contribution is -2.13. The van der Waals surface area contributed by atoms with Crippen molar-refractivity contribution in [3.8, 4) is 11.1 Å². The summed E-state index contributed by atoms with van der Waals surface area (Å²) < 4.78 is 0. The van der Waals surface area contributed by atoms with E-state index >= 15 is 0 Å². The Kier molecular flexibility index (Phi) is 3.46. The van der Waals surface area contributed by atoms with Crippen LogP contribution in [0.5, 0.6) is 0 Å². The van der Waals surface area contributed by atoms with Crippen molar-refractivity contribution >= 4 is 22.5 Å². The third-order valence-corrected chi connectivity index (χ3v) is 3.95. The van der Waals surface area contributed by atoms with Gasteiger partial charge >= 0.3 is 0 Å². The van der Waals surface area contributed by atoms with E-state index in [1.807, 2.05) is 36.4 Å². The van der Waals surface area contributed by atoms with E-state index in [9.17, 15) is 0 Å². The summed E-state index contributed by atoms with van der Waals surface area (Å²) in [6.07, 6.45) is 0. The fourth-order valence-corrected chi connectivity index (χ4v) is 2.70. The van der Waals surface area contributed by atoms with Crippen LogP contribution >= 0.6 is 11.6 Å². The van der Waals surface area contributed by atoms with Crippen molar-refractivity contribution in [2.24, 2.45) is 0 Å². The van der Waals surface area contributed by atoms with Crippen LogP contribution in [-0.4, -0.2) is 4.98 Å². The molecular formula is C19H18ClN. The Morgan fingerprint density at radius 1 is 0.905 bits per heavy atom. The predicted octanol–water partition coefficient (Wildman–Crippen LogP) is 5.85. The van der Waals surface area contributed by atoms with Crippen LogP contribution < -0.4 is 0 Å². The molecule has 2 heteroatoms. The maximum absolute atomic E-state index is 6.49. The number of fused-ring (bicyclic) bond motifs is 1. The Labute approximate surface area is 130 Å². The van der Waals surface area contributed by atoms with Crippen LogP contribution in [-0.2, 0) is 5.41 Å². The molecule has 0 amide bonds. The minimum Gasteiger partial charge on any atom is -0.252 e. The second kappa shape index (κ2) is 5.16. The second-order valence-corrected chi connectivity index (χ2v) is 6.71. The third kappa shape index (κ3) is 2.66. The summed E-state index contributed by atoms with van der Waals surface area (Å²) in [6, 6.07) is 18.5. The first-order valence-corrected chi connectivity index (χ1v) is 7.50. The number of para-hydroxylation sites is 1. The molecule has 0 fully saturated rings. The molecule has 3 aromatic rings. The van der Waals surface area contributed by atoms with Gasteiger partial charge in [-0.15, -0.1) is 0 Å². The Morgan fingerprint density at radius 3 is 2.29 bits per heavy atom. The van der Waals surface area contributed by atoms with Gasteiger partial charge in [-0.25, -0.2) is 0 Å². The predicted molar refractivity (Wildman–Crippen MR) is 90.9 cm³/mol. The highest BCUT2D eigenvalue weighted by atomic mass is 35.5. The van der Waals surface area contributed by atoms with Gasteiger partial charge in [-0.05, 0) is 11.6 Å². The topological polar surface area (TPSA) is 12.9 Å². The normalized spacial score (nSPS) is 11.8. The van der Waals surface area contributed by atoms with E-state index in [1.165, 1.54) is 0 Å². The number of aromatic nitrogens is 1. The molecule has 0 saturated carbocycles. The molecule has 0 atom stereocenters. The minimum atomic E-state index is -0.0262. The summed E-state index contributed by atoms with van der Waals surface area (Å²) in [6.45, 7) is 6.47. The highest BCUT2D eigenvalue weighted by Gasteiger charge is 2.18. The Hall–Kier alpha value is -1.86. The van der Waals surface area contributed by atoms with Gasteiger partial charge in [0, 0.05) is 22.1 Å². The number of nitrogens with zero attached hydrogens (tertiary/aromatic N) is 1. The maximum Gasteiger partial charge on any atom is 0.0798 e. The summed E-state index contributed by atoms with van der Waals surface area (Å²) in [5.74, 6) is 0. The summed E-state index contributed by atoms with van der Waals surface area (Å²) in [5, 5.41) is 1.77.